The van der Waals surface area contributed by atoms with Crippen LogP contribution in [0.15, 0.2) is 0 Å². The fourth-order valence-corrected chi connectivity index (χ4v) is 2.91. The molecule has 84 valence electrons. The van der Waals surface area contributed by atoms with Crippen molar-refractivity contribution in [2.75, 3.05) is 19.6 Å². The first-order chi connectivity index (χ1) is 7.08. The third-order valence-electron chi connectivity index (χ3n) is 4.08. The summed E-state index contributed by atoms with van der Waals surface area (Å²) in [6.45, 7) is 7.61. The molecule has 1 N–H and O–H groups in total. The average Bonchev–Trinajstić information content (AvgIpc) is 2.66. The highest BCUT2D eigenvalue weighted by Crippen LogP contribution is 2.33. The molecule has 0 atom stereocenters. The zero-order valence-corrected chi connectivity index (χ0v) is 9.97. The van der Waals surface area contributed by atoms with E-state index in [1.54, 1.807) is 0 Å². The van der Waals surface area contributed by atoms with E-state index in [0.717, 1.165) is 19.6 Å². The minimum atomic E-state index is -0.0856. The summed E-state index contributed by atoms with van der Waals surface area (Å²) in [4.78, 5) is 2.47. The minimum Gasteiger partial charge on any atom is -0.309 e. The van der Waals surface area contributed by atoms with Crippen LogP contribution < -0.4 is 5.32 Å². The van der Waals surface area contributed by atoms with Crippen molar-refractivity contribution in [3.63, 3.8) is 0 Å². The molecule has 0 aromatic heterocycles. The molecule has 15 heavy (non-hydrogen) atoms. The zero-order chi connectivity index (χ0) is 10.9. The van der Waals surface area contributed by atoms with Crippen molar-refractivity contribution in [2.45, 2.75) is 50.6 Å². The van der Waals surface area contributed by atoms with E-state index in [1.165, 1.54) is 25.7 Å². The van der Waals surface area contributed by atoms with Crippen LogP contribution in [0.1, 0.15) is 39.5 Å². The van der Waals surface area contributed by atoms with Crippen LogP contribution in [-0.4, -0.2) is 35.6 Å². The summed E-state index contributed by atoms with van der Waals surface area (Å²) >= 11 is 0. The summed E-state index contributed by atoms with van der Waals surface area (Å²) in [6.07, 6.45) is 11.0. The van der Waals surface area contributed by atoms with Crippen LogP contribution in [0.3, 0.4) is 0 Å². The smallest absolute Gasteiger partial charge is 0.0767 e. The molecule has 0 aromatic rings. The van der Waals surface area contributed by atoms with Crippen molar-refractivity contribution in [1.29, 1.82) is 0 Å². The number of hydrogen-bond acceptors (Lipinski definition) is 2. The molecule has 2 heteroatoms. The second kappa shape index (κ2) is 3.81. The Labute approximate surface area is 93.4 Å². The Morgan fingerprint density at radius 3 is 2.60 bits per heavy atom. The van der Waals surface area contributed by atoms with Crippen molar-refractivity contribution in [1.82, 2.24) is 10.2 Å². The van der Waals surface area contributed by atoms with E-state index in [1.807, 2.05) is 0 Å². The van der Waals surface area contributed by atoms with Gasteiger partial charge in [0.25, 0.3) is 0 Å². The predicted molar refractivity (Wildman–Crippen MR) is 63.7 cm³/mol. The van der Waals surface area contributed by atoms with Gasteiger partial charge >= 0.3 is 0 Å². The summed E-state index contributed by atoms with van der Waals surface area (Å²) in [5.74, 6) is 2.92. The van der Waals surface area contributed by atoms with Crippen LogP contribution in [-0.2, 0) is 0 Å². The average molecular weight is 206 g/mol. The van der Waals surface area contributed by atoms with E-state index in [0.29, 0.717) is 5.54 Å². The Morgan fingerprint density at radius 1 is 1.33 bits per heavy atom. The Balaban J connectivity index is 2.08. The van der Waals surface area contributed by atoms with Crippen LogP contribution in [0, 0.1) is 12.3 Å². The second-order valence-electron chi connectivity index (χ2n) is 5.54. The Hall–Kier alpha value is -0.520. The highest BCUT2D eigenvalue weighted by molar-refractivity contribution is 5.12. The summed E-state index contributed by atoms with van der Waals surface area (Å²) in [5.41, 5.74) is 0.296. The molecular formula is C13H22N2. The van der Waals surface area contributed by atoms with Gasteiger partial charge in [0.15, 0.2) is 0 Å². The van der Waals surface area contributed by atoms with Crippen LogP contribution in [0.2, 0.25) is 0 Å². The number of piperazine rings is 1. The third kappa shape index (κ3) is 2.04. The van der Waals surface area contributed by atoms with Gasteiger partial charge in [0, 0.05) is 25.2 Å². The van der Waals surface area contributed by atoms with Gasteiger partial charge in [-0.3, -0.25) is 4.90 Å². The summed E-state index contributed by atoms with van der Waals surface area (Å²) in [5, 5.41) is 3.71. The SMILES string of the molecule is C#CC(C)(C)N1CCNC2(CCCC2)C1. The summed E-state index contributed by atoms with van der Waals surface area (Å²) in [6, 6.07) is 0. The summed E-state index contributed by atoms with van der Waals surface area (Å²) < 4.78 is 0. The topological polar surface area (TPSA) is 15.3 Å². The van der Waals surface area contributed by atoms with Gasteiger partial charge in [-0.05, 0) is 26.7 Å². The molecular weight excluding hydrogens is 184 g/mol. The van der Waals surface area contributed by atoms with Crippen LogP contribution in [0.25, 0.3) is 0 Å². The lowest BCUT2D eigenvalue weighted by molar-refractivity contribution is 0.0776. The van der Waals surface area contributed by atoms with Gasteiger partial charge in [-0.15, -0.1) is 6.42 Å². The van der Waals surface area contributed by atoms with Gasteiger partial charge in [0.05, 0.1) is 5.54 Å². The van der Waals surface area contributed by atoms with Gasteiger partial charge in [-0.25, -0.2) is 0 Å². The number of terminal acetylenes is 1. The standard InChI is InChI=1S/C13H22N2/c1-4-12(2,3)15-10-9-14-13(11-15)7-5-6-8-13/h1,14H,5-11H2,2-3H3. The quantitative estimate of drug-likeness (QED) is 0.656. The Kier molecular flexibility index (Phi) is 2.79. The lowest BCUT2D eigenvalue weighted by Crippen LogP contribution is -2.63. The van der Waals surface area contributed by atoms with E-state index in [2.05, 4.69) is 30.0 Å². The molecule has 1 aliphatic carbocycles. The highest BCUT2D eigenvalue weighted by atomic mass is 15.3. The molecule has 1 saturated carbocycles. The fourth-order valence-electron chi connectivity index (χ4n) is 2.91. The highest BCUT2D eigenvalue weighted by Gasteiger charge is 2.40. The first-order valence-electron chi connectivity index (χ1n) is 6.06. The van der Waals surface area contributed by atoms with E-state index in [4.69, 9.17) is 6.42 Å². The van der Waals surface area contributed by atoms with Gasteiger partial charge in [0.2, 0.25) is 0 Å². The molecule has 1 heterocycles. The van der Waals surface area contributed by atoms with Gasteiger partial charge in [0.1, 0.15) is 0 Å². The largest absolute Gasteiger partial charge is 0.309 e. The maximum Gasteiger partial charge on any atom is 0.0767 e. The molecule has 1 aliphatic heterocycles. The zero-order valence-electron chi connectivity index (χ0n) is 9.97. The Morgan fingerprint density at radius 2 is 2.00 bits per heavy atom. The molecule has 2 rings (SSSR count). The van der Waals surface area contributed by atoms with E-state index in [-0.39, 0.29) is 5.54 Å². The van der Waals surface area contributed by atoms with Crippen LogP contribution in [0.4, 0.5) is 0 Å². The number of nitrogens with zero attached hydrogens (tertiary/aromatic N) is 1. The number of hydrogen-bond donors (Lipinski definition) is 1. The predicted octanol–water partition coefficient (Wildman–Crippen LogP) is 1.62. The van der Waals surface area contributed by atoms with Crippen molar-refractivity contribution in [3.8, 4) is 12.3 Å². The van der Waals surface area contributed by atoms with Gasteiger partial charge in [-0.2, -0.15) is 0 Å². The van der Waals surface area contributed by atoms with Crippen LogP contribution >= 0.6 is 0 Å². The summed E-state index contributed by atoms with van der Waals surface area (Å²) in [7, 11) is 0. The Bertz CT molecular complexity index is 269. The molecule has 0 amide bonds. The molecule has 0 unspecified atom stereocenters. The molecule has 2 fully saturated rings. The van der Waals surface area contributed by atoms with Gasteiger partial charge in [-0.1, -0.05) is 18.8 Å². The van der Waals surface area contributed by atoms with Crippen LogP contribution in [0.5, 0.6) is 0 Å². The van der Waals surface area contributed by atoms with Crippen molar-refractivity contribution >= 4 is 0 Å². The molecule has 1 spiro atoms. The molecule has 0 radical (unpaired) electrons. The lowest BCUT2D eigenvalue weighted by atomic mass is 9.91. The molecule has 1 saturated heterocycles. The fraction of sp³-hybridized carbons (Fsp3) is 0.846. The van der Waals surface area contributed by atoms with Crippen molar-refractivity contribution in [3.05, 3.63) is 0 Å². The normalized spacial score (nSPS) is 26.7. The van der Waals surface area contributed by atoms with E-state index >= 15 is 0 Å². The second-order valence-corrected chi connectivity index (χ2v) is 5.54. The third-order valence-corrected chi connectivity index (χ3v) is 4.08. The first-order valence-corrected chi connectivity index (χ1v) is 6.06. The molecule has 0 aromatic carbocycles. The maximum atomic E-state index is 5.61. The van der Waals surface area contributed by atoms with Crippen molar-refractivity contribution in [2.24, 2.45) is 0 Å². The minimum absolute atomic E-state index is 0.0856. The monoisotopic (exact) mass is 206 g/mol. The van der Waals surface area contributed by atoms with Crippen molar-refractivity contribution < 1.29 is 0 Å². The molecule has 2 aliphatic rings. The lowest BCUT2D eigenvalue weighted by Gasteiger charge is -2.46. The number of nitrogens with one attached hydrogen (secondary N) is 1. The number of rotatable bonds is 1. The first kappa shape index (κ1) is 11.0. The molecule has 2 nitrogen and oxygen atoms in total. The maximum absolute atomic E-state index is 5.61. The van der Waals surface area contributed by atoms with Gasteiger partial charge < -0.3 is 5.32 Å². The molecule has 0 bridgehead atoms. The van der Waals surface area contributed by atoms with E-state index < -0.39 is 0 Å². The van der Waals surface area contributed by atoms with E-state index in [9.17, 15) is 0 Å².